The molecule has 0 heterocycles. The summed E-state index contributed by atoms with van der Waals surface area (Å²) in [6.07, 6.45) is 0. The van der Waals surface area contributed by atoms with Gasteiger partial charge in [0.05, 0.1) is 0 Å². The number of hydrogen-bond donors (Lipinski definition) is 1. The summed E-state index contributed by atoms with van der Waals surface area (Å²) in [5, 5.41) is 2.32. The summed E-state index contributed by atoms with van der Waals surface area (Å²) < 4.78 is 67.0. The Kier molecular flexibility index (Phi) is 4.51. The predicted molar refractivity (Wildman–Crippen MR) is 72.4 cm³/mol. The minimum atomic E-state index is -2.18. The van der Waals surface area contributed by atoms with Crippen LogP contribution < -0.4 is 5.32 Å². The monoisotopic (exact) mass is 365 g/mol. The van der Waals surface area contributed by atoms with Crippen LogP contribution in [-0.2, 0) is 0 Å². The molecule has 0 aliphatic carbocycles. The molecule has 0 saturated heterocycles. The van der Waals surface area contributed by atoms with E-state index in [0.29, 0.717) is 10.0 Å². The largest absolute Gasteiger partial charge is 0.374 e. The van der Waals surface area contributed by atoms with Crippen LogP contribution in [0, 0.1) is 29.1 Å². The van der Waals surface area contributed by atoms with Gasteiger partial charge in [-0.1, -0.05) is 34.1 Å². The number of nitrogens with one attached hydrogen (secondary N) is 1. The molecular weight excluding hydrogens is 357 g/mol. The van der Waals surface area contributed by atoms with Crippen molar-refractivity contribution >= 4 is 21.6 Å². The lowest BCUT2D eigenvalue weighted by atomic mass is 10.1. The van der Waals surface area contributed by atoms with Crippen LogP contribution in [0.15, 0.2) is 28.7 Å². The van der Waals surface area contributed by atoms with Crippen LogP contribution in [0.4, 0.5) is 27.6 Å². The molecule has 1 atom stereocenters. The SMILES string of the molecule is CC(Nc1c(F)c(F)c(F)c(F)c1F)c1ccccc1Br. The Labute approximate surface area is 125 Å². The fourth-order valence-corrected chi connectivity index (χ4v) is 2.48. The third kappa shape index (κ3) is 2.88. The fraction of sp³-hybridized carbons (Fsp3) is 0.143. The van der Waals surface area contributed by atoms with Crippen molar-refractivity contribution in [2.75, 3.05) is 5.32 Å². The van der Waals surface area contributed by atoms with E-state index in [9.17, 15) is 22.0 Å². The van der Waals surface area contributed by atoms with Gasteiger partial charge in [-0.3, -0.25) is 0 Å². The summed E-state index contributed by atoms with van der Waals surface area (Å²) in [5.41, 5.74) is -0.434. The lowest BCUT2D eigenvalue weighted by Gasteiger charge is -2.18. The molecule has 0 bridgehead atoms. The van der Waals surface area contributed by atoms with E-state index in [1.807, 2.05) is 0 Å². The maximum Gasteiger partial charge on any atom is 0.200 e. The molecule has 0 spiro atoms. The number of benzene rings is 2. The average Bonchev–Trinajstić information content (AvgIpc) is 2.48. The van der Waals surface area contributed by atoms with Crippen molar-refractivity contribution in [3.8, 4) is 0 Å². The maximum atomic E-state index is 13.6. The van der Waals surface area contributed by atoms with Gasteiger partial charge in [-0.05, 0) is 18.6 Å². The highest BCUT2D eigenvalue weighted by Gasteiger charge is 2.26. The first-order valence-corrected chi connectivity index (χ1v) is 6.66. The van der Waals surface area contributed by atoms with Gasteiger partial charge in [0.15, 0.2) is 23.3 Å². The van der Waals surface area contributed by atoms with Gasteiger partial charge < -0.3 is 5.32 Å². The molecular formula is C14H9BrF5N. The highest BCUT2D eigenvalue weighted by Crippen LogP contribution is 2.31. The normalized spacial score (nSPS) is 12.3. The minimum Gasteiger partial charge on any atom is -0.374 e. The molecule has 1 N–H and O–H groups in total. The summed E-state index contributed by atoms with van der Waals surface area (Å²) in [5.74, 6) is -9.90. The van der Waals surface area contributed by atoms with Gasteiger partial charge >= 0.3 is 0 Å². The first-order valence-electron chi connectivity index (χ1n) is 5.87. The minimum absolute atomic E-state index is 0.612. The Morgan fingerprint density at radius 1 is 0.857 bits per heavy atom. The quantitative estimate of drug-likeness (QED) is 0.441. The molecule has 0 aliphatic heterocycles. The smallest absolute Gasteiger partial charge is 0.200 e. The second-order valence-electron chi connectivity index (χ2n) is 4.33. The van der Waals surface area contributed by atoms with Gasteiger partial charge in [0.2, 0.25) is 5.82 Å². The average molecular weight is 366 g/mol. The van der Waals surface area contributed by atoms with Gasteiger partial charge in [0.25, 0.3) is 0 Å². The van der Waals surface area contributed by atoms with E-state index < -0.39 is 40.8 Å². The van der Waals surface area contributed by atoms with Crippen LogP contribution in [0.2, 0.25) is 0 Å². The Balaban J connectivity index is 2.43. The summed E-state index contributed by atoms with van der Waals surface area (Å²) in [6, 6.07) is 6.11. The Hall–Kier alpha value is -1.63. The summed E-state index contributed by atoms with van der Waals surface area (Å²) in [4.78, 5) is 0. The zero-order valence-electron chi connectivity index (χ0n) is 10.7. The zero-order chi connectivity index (χ0) is 15.7. The standard InChI is InChI=1S/C14H9BrF5N/c1-6(7-4-2-3-5-8(7)15)21-14-12(19)10(17)9(16)11(18)13(14)20/h2-6,21H,1H3. The number of hydrogen-bond acceptors (Lipinski definition) is 1. The Morgan fingerprint density at radius 3 is 1.86 bits per heavy atom. The number of anilines is 1. The molecule has 2 aromatic rings. The molecule has 0 aliphatic rings. The van der Waals surface area contributed by atoms with Crippen LogP contribution in [0.5, 0.6) is 0 Å². The van der Waals surface area contributed by atoms with Crippen LogP contribution in [0.25, 0.3) is 0 Å². The molecule has 112 valence electrons. The topological polar surface area (TPSA) is 12.0 Å². The van der Waals surface area contributed by atoms with E-state index in [1.54, 1.807) is 24.3 Å². The van der Waals surface area contributed by atoms with Gasteiger partial charge in [-0.15, -0.1) is 0 Å². The van der Waals surface area contributed by atoms with E-state index in [1.165, 1.54) is 6.92 Å². The first kappa shape index (κ1) is 15.8. The van der Waals surface area contributed by atoms with Crippen molar-refractivity contribution < 1.29 is 22.0 Å². The van der Waals surface area contributed by atoms with Crippen molar-refractivity contribution in [1.29, 1.82) is 0 Å². The van der Waals surface area contributed by atoms with Gasteiger partial charge in [0.1, 0.15) is 5.69 Å². The van der Waals surface area contributed by atoms with Crippen LogP contribution in [-0.4, -0.2) is 0 Å². The highest BCUT2D eigenvalue weighted by molar-refractivity contribution is 9.10. The van der Waals surface area contributed by atoms with Gasteiger partial charge in [-0.2, -0.15) is 0 Å². The second kappa shape index (κ2) is 6.01. The fourth-order valence-electron chi connectivity index (χ4n) is 1.85. The Morgan fingerprint density at radius 2 is 1.33 bits per heavy atom. The van der Waals surface area contributed by atoms with Crippen molar-refractivity contribution in [2.24, 2.45) is 0 Å². The van der Waals surface area contributed by atoms with Crippen molar-refractivity contribution in [3.63, 3.8) is 0 Å². The first-order chi connectivity index (χ1) is 9.84. The molecule has 0 saturated carbocycles. The van der Waals surface area contributed by atoms with Crippen LogP contribution in [0.1, 0.15) is 18.5 Å². The molecule has 0 amide bonds. The van der Waals surface area contributed by atoms with E-state index >= 15 is 0 Å². The molecule has 2 rings (SSSR count). The molecule has 7 heteroatoms. The van der Waals surface area contributed by atoms with Gasteiger partial charge in [0, 0.05) is 10.5 Å². The Bertz CT molecular complexity index is 660. The van der Waals surface area contributed by atoms with Gasteiger partial charge in [-0.25, -0.2) is 22.0 Å². The van der Waals surface area contributed by atoms with Crippen LogP contribution >= 0.6 is 15.9 Å². The van der Waals surface area contributed by atoms with E-state index in [-0.39, 0.29) is 0 Å². The highest BCUT2D eigenvalue weighted by atomic mass is 79.9. The summed E-state index contributed by atoms with van der Waals surface area (Å²) >= 11 is 3.25. The third-order valence-electron chi connectivity index (χ3n) is 2.94. The molecule has 0 fully saturated rings. The van der Waals surface area contributed by atoms with Crippen molar-refractivity contribution in [2.45, 2.75) is 13.0 Å². The van der Waals surface area contributed by atoms with Crippen molar-refractivity contribution in [1.82, 2.24) is 0 Å². The molecule has 0 aromatic heterocycles. The number of rotatable bonds is 3. The molecule has 0 radical (unpaired) electrons. The van der Waals surface area contributed by atoms with E-state index in [2.05, 4.69) is 21.2 Å². The molecule has 1 unspecified atom stereocenters. The molecule has 2 aromatic carbocycles. The molecule has 21 heavy (non-hydrogen) atoms. The summed E-state index contributed by atoms with van der Waals surface area (Å²) in [6.45, 7) is 1.54. The number of halogens is 6. The maximum absolute atomic E-state index is 13.6. The predicted octanol–water partition coefficient (Wildman–Crippen LogP) is 5.32. The summed E-state index contributed by atoms with van der Waals surface area (Å²) in [7, 11) is 0. The third-order valence-corrected chi connectivity index (χ3v) is 3.66. The lowest BCUT2D eigenvalue weighted by molar-refractivity contribution is 0.381. The lowest BCUT2D eigenvalue weighted by Crippen LogP contribution is -2.13. The van der Waals surface area contributed by atoms with Crippen molar-refractivity contribution in [3.05, 3.63) is 63.4 Å². The second-order valence-corrected chi connectivity index (χ2v) is 5.19. The van der Waals surface area contributed by atoms with E-state index in [4.69, 9.17) is 0 Å². The van der Waals surface area contributed by atoms with Crippen LogP contribution in [0.3, 0.4) is 0 Å². The van der Waals surface area contributed by atoms with E-state index in [0.717, 1.165) is 0 Å². The zero-order valence-corrected chi connectivity index (χ0v) is 12.2. The molecule has 1 nitrogen and oxygen atoms in total.